The van der Waals surface area contributed by atoms with E-state index in [0.717, 1.165) is 16.5 Å². The summed E-state index contributed by atoms with van der Waals surface area (Å²) in [6.07, 6.45) is 1.37. The molecule has 0 aliphatic heterocycles. The smallest absolute Gasteiger partial charge is 0.0704 e. The molecule has 4 heteroatoms. The molecule has 0 fully saturated rings. The second-order valence-corrected chi connectivity index (χ2v) is 3.59. The highest BCUT2D eigenvalue weighted by Gasteiger charge is 2.11. The van der Waals surface area contributed by atoms with Gasteiger partial charge >= 0.3 is 0 Å². The first-order valence-electron chi connectivity index (χ1n) is 4.69. The van der Waals surface area contributed by atoms with Crippen LogP contribution in [0.4, 0.5) is 0 Å². The van der Waals surface area contributed by atoms with E-state index in [4.69, 9.17) is 5.73 Å². The second-order valence-electron chi connectivity index (χ2n) is 3.59. The van der Waals surface area contributed by atoms with Gasteiger partial charge in [0.05, 0.1) is 12.1 Å². The van der Waals surface area contributed by atoms with Gasteiger partial charge in [0.2, 0.25) is 0 Å². The number of nitrogens with one attached hydrogen (secondary N) is 1. The molecule has 0 spiro atoms. The number of aliphatic hydroxyl groups excluding tert-OH is 1. The van der Waals surface area contributed by atoms with Crippen molar-refractivity contribution in [2.45, 2.75) is 19.1 Å². The summed E-state index contributed by atoms with van der Waals surface area (Å²) in [4.78, 5) is 3.11. The first kappa shape index (κ1) is 12.0. The fourth-order valence-electron chi connectivity index (χ4n) is 1.56. The summed E-state index contributed by atoms with van der Waals surface area (Å²) in [6.45, 7) is 1.70. The third kappa shape index (κ3) is 2.31. The first-order chi connectivity index (χ1) is 6.68. The summed E-state index contributed by atoms with van der Waals surface area (Å²) < 4.78 is 0. The van der Waals surface area contributed by atoms with E-state index in [1.807, 2.05) is 30.5 Å². The Morgan fingerprint density at radius 2 is 2.07 bits per heavy atom. The van der Waals surface area contributed by atoms with E-state index < -0.39 is 6.10 Å². The molecule has 0 radical (unpaired) electrons. The molecule has 0 unspecified atom stereocenters. The van der Waals surface area contributed by atoms with Gasteiger partial charge in [0.25, 0.3) is 0 Å². The Balaban J connectivity index is 0.00000112. The van der Waals surface area contributed by atoms with Gasteiger partial charge < -0.3 is 15.8 Å². The number of halogens is 1. The number of nitrogens with two attached hydrogens (primary N) is 1. The topological polar surface area (TPSA) is 62.0 Å². The Morgan fingerprint density at radius 1 is 1.33 bits per heavy atom. The van der Waals surface area contributed by atoms with Crippen LogP contribution in [0.5, 0.6) is 0 Å². The molecule has 1 aromatic heterocycles. The summed E-state index contributed by atoms with van der Waals surface area (Å²) in [6, 6.07) is 7.61. The number of benzene rings is 1. The minimum Gasteiger partial charge on any atom is -0.391 e. The van der Waals surface area contributed by atoms with Gasteiger partial charge in [-0.15, -0.1) is 12.4 Å². The van der Waals surface area contributed by atoms with E-state index in [9.17, 15) is 5.11 Å². The molecular formula is C11H15ClN2O. The highest BCUT2D eigenvalue weighted by molar-refractivity contribution is 5.85. The molecule has 0 saturated heterocycles. The molecule has 2 aromatic rings. The number of H-pyrrole nitrogens is 1. The van der Waals surface area contributed by atoms with Crippen molar-refractivity contribution in [2.75, 3.05) is 0 Å². The molecule has 2 atom stereocenters. The standard InChI is InChI=1S/C11H14N2O.ClH/c1-7(14)11(12)9-2-3-10-8(6-9)4-5-13-10;/h2-7,11,13-14H,12H2,1H3;1H/t7-,11-;/m0./s1. The molecule has 82 valence electrons. The van der Waals surface area contributed by atoms with Crippen LogP contribution < -0.4 is 5.73 Å². The molecule has 1 aromatic carbocycles. The lowest BCUT2D eigenvalue weighted by atomic mass is 10.0. The monoisotopic (exact) mass is 226 g/mol. The molecule has 3 nitrogen and oxygen atoms in total. The van der Waals surface area contributed by atoms with Crippen LogP contribution in [0.2, 0.25) is 0 Å². The largest absolute Gasteiger partial charge is 0.391 e. The second kappa shape index (κ2) is 4.66. The van der Waals surface area contributed by atoms with E-state index in [1.54, 1.807) is 6.92 Å². The molecule has 0 saturated carbocycles. The number of rotatable bonds is 2. The maximum absolute atomic E-state index is 9.36. The van der Waals surface area contributed by atoms with Crippen molar-refractivity contribution in [2.24, 2.45) is 5.73 Å². The van der Waals surface area contributed by atoms with Crippen LogP contribution in [0.3, 0.4) is 0 Å². The van der Waals surface area contributed by atoms with Crippen molar-refractivity contribution in [1.82, 2.24) is 4.98 Å². The highest BCUT2D eigenvalue weighted by Crippen LogP contribution is 2.20. The average Bonchev–Trinajstić information content (AvgIpc) is 2.62. The van der Waals surface area contributed by atoms with E-state index in [1.165, 1.54) is 0 Å². The van der Waals surface area contributed by atoms with Crippen molar-refractivity contribution in [3.8, 4) is 0 Å². The van der Waals surface area contributed by atoms with Crippen molar-refractivity contribution >= 4 is 23.3 Å². The van der Waals surface area contributed by atoms with E-state index in [0.29, 0.717) is 0 Å². The Morgan fingerprint density at radius 3 is 2.73 bits per heavy atom. The zero-order valence-electron chi connectivity index (χ0n) is 8.47. The summed E-state index contributed by atoms with van der Waals surface area (Å²) in [5.41, 5.74) is 7.89. The quantitative estimate of drug-likeness (QED) is 0.733. The fraction of sp³-hybridized carbons (Fsp3) is 0.273. The van der Waals surface area contributed by atoms with Crippen molar-refractivity contribution in [3.63, 3.8) is 0 Å². The molecule has 4 N–H and O–H groups in total. The Labute approximate surface area is 94.7 Å². The SMILES string of the molecule is C[C@H](O)[C@H](N)c1ccc2[nH]ccc2c1.Cl. The van der Waals surface area contributed by atoms with Gasteiger partial charge in [-0.05, 0) is 36.1 Å². The zero-order valence-corrected chi connectivity index (χ0v) is 9.29. The fourth-order valence-corrected chi connectivity index (χ4v) is 1.56. The van der Waals surface area contributed by atoms with Crippen LogP contribution in [0.25, 0.3) is 10.9 Å². The zero-order chi connectivity index (χ0) is 10.1. The van der Waals surface area contributed by atoms with E-state index in [2.05, 4.69) is 4.98 Å². The molecule has 0 aliphatic rings. The van der Waals surface area contributed by atoms with Gasteiger partial charge in [0.15, 0.2) is 0 Å². The van der Waals surface area contributed by atoms with Crippen LogP contribution in [0, 0.1) is 0 Å². The molecule has 1 heterocycles. The van der Waals surface area contributed by atoms with Crippen LogP contribution in [0.1, 0.15) is 18.5 Å². The van der Waals surface area contributed by atoms with Gasteiger partial charge in [-0.1, -0.05) is 6.07 Å². The minimum absolute atomic E-state index is 0. The number of hydrogen-bond donors (Lipinski definition) is 3. The number of hydrogen-bond acceptors (Lipinski definition) is 2. The number of aromatic amines is 1. The van der Waals surface area contributed by atoms with Crippen molar-refractivity contribution in [1.29, 1.82) is 0 Å². The van der Waals surface area contributed by atoms with Crippen LogP contribution in [-0.4, -0.2) is 16.2 Å². The van der Waals surface area contributed by atoms with Crippen molar-refractivity contribution in [3.05, 3.63) is 36.0 Å². The van der Waals surface area contributed by atoms with Gasteiger partial charge in [-0.2, -0.15) is 0 Å². The maximum Gasteiger partial charge on any atom is 0.0704 e. The predicted octanol–water partition coefficient (Wildman–Crippen LogP) is 1.97. The number of aliphatic hydroxyl groups is 1. The van der Waals surface area contributed by atoms with Gasteiger partial charge in [0.1, 0.15) is 0 Å². The molecule has 2 rings (SSSR count). The van der Waals surface area contributed by atoms with Crippen LogP contribution in [-0.2, 0) is 0 Å². The maximum atomic E-state index is 9.36. The summed E-state index contributed by atoms with van der Waals surface area (Å²) in [7, 11) is 0. The molecule has 15 heavy (non-hydrogen) atoms. The lowest BCUT2D eigenvalue weighted by Gasteiger charge is -2.14. The molecule has 0 bridgehead atoms. The first-order valence-corrected chi connectivity index (χ1v) is 4.69. The summed E-state index contributed by atoms with van der Waals surface area (Å²) in [5.74, 6) is 0. The van der Waals surface area contributed by atoms with Crippen molar-refractivity contribution < 1.29 is 5.11 Å². The molecular weight excluding hydrogens is 212 g/mol. The highest BCUT2D eigenvalue weighted by atomic mass is 35.5. The average molecular weight is 227 g/mol. The minimum atomic E-state index is -0.522. The lowest BCUT2D eigenvalue weighted by Crippen LogP contribution is -2.22. The van der Waals surface area contributed by atoms with Gasteiger partial charge in [-0.3, -0.25) is 0 Å². The number of aromatic nitrogens is 1. The summed E-state index contributed by atoms with van der Waals surface area (Å²) >= 11 is 0. The predicted molar refractivity (Wildman–Crippen MR) is 64.2 cm³/mol. The Hall–Kier alpha value is -1.03. The molecule has 0 aliphatic carbocycles. The van der Waals surface area contributed by atoms with E-state index >= 15 is 0 Å². The van der Waals surface area contributed by atoms with E-state index in [-0.39, 0.29) is 18.4 Å². The normalized spacial score (nSPS) is 14.6. The Bertz CT molecular complexity index is 439. The van der Waals surface area contributed by atoms with Crippen LogP contribution >= 0.6 is 12.4 Å². The van der Waals surface area contributed by atoms with Gasteiger partial charge in [0, 0.05) is 11.7 Å². The molecule has 0 amide bonds. The summed E-state index contributed by atoms with van der Waals surface area (Å²) in [5, 5.41) is 10.5. The Kier molecular flexibility index (Phi) is 3.74. The van der Waals surface area contributed by atoms with Crippen LogP contribution in [0.15, 0.2) is 30.5 Å². The lowest BCUT2D eigenvalue weighted by molar-refractivity contribution is 0.164. The number of fused-ring (bicyclic) bond motifs is 1. The third-order valence-electron chi connectivity index (χ3n) is 2.48. The third-order valence-corrected chi connectivity index (χ3v) is 2.48. The van der Waals surface area contributed by atoms with Gasteiger partial charge in [-0.25, -0.2) is 0 Å².